The molecule has 0 atom stereocenters. The van der Waals surface area contributed by atoms with E-state index in [1.54, 1.807) is 13.8 Å². The summed E-state index contributed by atoms with van der Waals surface area (Å²) in [4.78, 5) is 3.94. The fraction of sp³-hybridized carbons (Fsp3) is 0.429. The summed E-state index contributed by atoms with van der Waals surface area (Å²) in [5, 5.41) is 9.49. The number of anilines is 2. The van der Waals surface area contributed by atoms with Crippen LogP contribution in [0.15, 0.2) is 10.6 Å². The first-order valence-electron chi connectivity index (χ1n) is 6.78. The highest BCUT2D eigenvalue weighted by Gasteiger charge is 2.14. The van der Waals surface area contributed by atoms with Crippen molar-refractivity contribution in [3.8, 4) is 0 Å². The standard InChI is InChI=1S/C14H18F2N4O/c1-4-5-17-13-11(15)6-12(16)14(19-13)18-7-10-8(2)20-21-9(10)3/h6H,4-5,7H2,1-3H3,(H2,17,18,19). The van der Waals surface area contributed by atoms with Crippen LogP contribution in [0, 0.1) is 25.5 Å². The summed E-state index contributed by atoms with van der Waals surface area (Å²) in [7, 11) is 0. The number of hydrogen-bond donors (Lipinski definition) is 2. The Balaban J connectivity index is 2.16. The van der Waals surface area contributed by atoms with E-state index in [1.165, 1.54) is 0 Å². The number of nitrogens with one attached hydrogen (secondary N) is 2. The summed E-state index contributed by atoms with van der Waals surface area (Å²) in [6.45, 7) is 6.41. The maximum atomic E-state index is 13.8. The van der Waals surface area contributed by atoms with Gasteiger partial charge in [0.25, 0.3) is 0 Å². The molecule has 0 aliphatic heterocycles. The Kier molecular flexibility index (Phi) is 4.72. The molecule has 5 nitrogen and oxygen atoms in total. The van der Waals surface area contributed by atoms with Crippen LogP contribution in [0.4, 0.5) is 20.4 Å². The average Bonchev–Trinajstić information content (AvgIpc) is 2.76. The summed E-state index contributed by atoms with van der Waals surface area (Å²) in [6, 6.07) is 0.820. The monoisotopic (exact) mass is 296 g/mol. The van der Waals surface area contributed by atoms with Crippen molar-refractivity contribution < 1.29 is 13.3 Å². The van der Waals surface area contributed by atoms with Crippen LogP contribution in [-0.2, 0) is 6.54 Å². The van der Waals surface area contributed by atoms with Crippen LogP contribution in [0.25, 0.3) is 0 Å². The van der Waals surface area contributed by atoms with Gasteiger partial charge in [0, 0.05) is 24.7 Å². The molecule has 2 rings (SSSR count). The molecule has 0 aromatic carbocycles. The molecule has 0 amide bonds. The summed E-state index contributed by atoms with van der Waals surface area (Å²) >= 11 is 0. The molecular weight excluding hydrogens is 278 g/mol. The zero-order chi connectivity index (χ0) is 15.4. The topological polar surface area (TPSA) is 63.0 Å². The average molecular weight is 296 g/mol. The van der Waals surface area contributed by atoms with Gasteiger partial charge in [0.1, 0.15) is 5.76 Å². The third kappa shape index (κ3) is 3.48. The molecule has 0 fully saturated rings. The number of aromatic nitrogens is 2. The van der Waals surface area contributed by atoms with Gasteiger partial charge in [-0.05, 0) is 20.3 Å². The zero-order valence-electron chi connectivity index (χ0n) is 12.3. The summed E-state index contributed by atoms with van der Waals surface area (Å²) in [5.74, 6) is -0.744. The molecule has 2 aromatic rings. The number of aryl methyl sites for hydroxylation is 2. The Hall–Kier alpha value is -2.18. The lowest BCUT2D eigenvalue weighted by atomic mass is 10.2. The van der Waals surface area contributed by atoms with Crippen LogP contribution < -0.4 is 10.6 Å². The van der Waals surface area contributed by atoms with Gasteiger partial charge < -0.3 is 15.2 Å². The Morgan fingerprint density at radius 3 is 2.38 bits per heavy atom. The van der Waals surface area contributed by atoms with Crippen molar-refractivity contribution in [2.45, 2.75) is 33.7 Å². The first-order valence-corrected chi connectivity index (χ1v) is 6.78. The Labute approximate surface area is 121 Å². The first kappa shape index (κ1) is 15.2. The van der Waals surface area contributed by atoms with Crippen molar-refractivity contribution in [2.75, 3.05) is 17.2 Å². The molecule has 114 valence electrons. The van der Waals surface area contributed by atoms with E-state index in [4.69, 9.17) is 4.52 Å². The van der Waals surface area contributed by atoms with Crippen molar-refractivity contribution in [2.24, 2.45) is 0 Å². The lowest BCUT2D eigenvalue weighted by Crippen LogP contribution is -2.10. The van der Waals surface area contributed by atoms with E-state index in [2.05, 4.69) is 20.8 Å². The van der Waals surface area contributed by atoms with E-state index >= 15 is 0 Å². The molecule has 0 radical (unpaired) electrons. The zero-order valence-corrected chi connectivity index (χ0v) is 12.3. The quantitative estimate of drug-likeness (QED) is 0.855. The largest absolute Gasteiger partial charge is 0.368 e. The van der Waals surface area contributed by atoms with Crippen molar-refractivity contribution >= 4 is 11.6 Å². The van der Waals surface area contributed by atoms with Crippen molar-refractivity contribution in [3.63, 3.8) is 0 Å². The van der Waals surface area contributed by atoms with Crippen molar-refractivity contribution in [3.05, 3.63) is 34.7 Å². The fourth-order valence-electron chi connectivity index (χ4n) is 1.88. The number of pyridine rings is 1. The molecule has 0 spiro atoms. The van der Waals surface area contributed by atoms with Crippen LogP contribution in [0.1, 0.15) is 30.4 Å². The summed E-state index contributed by atoms with van der Waals surface area (Å²) in [6.07, 6.45) is 0.820. The third-order valence-corrected chi connectivity index (χ3v) is 3.09. The minimum absolute atomic E-state index is 0.00463. The van der Waals surface area contributed by atoms with E-state index in [0.717, 1.165) is 23.7 Å². The minimum atomic E-state index is -0.735. The second-order valence-corrected chi connectivity index (χ2v) is 4.73. The van der Waals surface area contributed by atoms with Gasteiger partial charge in [0.2, 0.25) is 0 Å². The van der Waals surface area contributed by atoms with Crippen LogP contribution in [0.5, 0.6) is 0 Å². The van der Waals surface area contributed by atoms with Crippen LogP contribution in [0.3, 0.4) is 0 Å². The van der Waals surface area contributed by atoms with E-state index in [1.807, 2.05) is 6.92 Å². The lowest BCUT2D eigenvalue weighted by Gasteiger charge is -2.10. The maximum absolute atomic E-state index is 13.8. The highest BCUT2D eigenvalue weighted by Crippen LogP contribution is 2.21. The molecule has 0 saturated carbocycles. The Bertz CT molecular complexity index is 608. The normalized spacial score (nSPS) is 10.7. The molecule has 2 N–H and O–H groups in total. The fourth-order valence-corrected chi connectivity index (χ4v) is 1.88. The summed E-state index contributed by atoms with van der Waals surface area (Å²) < 4.78 is 32.4. The van der Waals surface area contributed by atoms with E-state index in [9.17, 15) is 8.78 Å². The molecule has 0 aliphatic carbocycles. The molecule has 0 unspecified atom stereocenters. The Morgan fingerprint density at radius 2 is 1.81 bits per heavy atom. The highest BCUT2D eigenvalue weighted by atomic mass is 19.1. The maximum Gasteiger partial charge on any atom is 0.168 e. The molecule has 0 bridgehead atoms. The van der Waals surface area contributed by atoms with Crippen LogP contribution in [-0.4, -0.2) is 16.7 Å². The molecule has 0 aliphatic rings. The van der Waals surface area contributed by atoms with Gasteiger partial charge in [-0.25, -0.2) is 13.8 Å². The smallest absolute Gasteiger partial charge is 0.168 e. The van der Waals surface area contributed by atoms with E-state index in [-0.39, 0.29) is 11.6 Å². The predicted molar refractivity (Wildman–Crippen MR) is 76.2 cm³/mol. The molecular formula is C14H18F2N4O. The van der Waals surface area contributed by atoms with Gasteiger partial charge in [0.05, 0.1) is 5.69 Å². The van der Waals surface area contributed by atoms with Gasteiger partial charge in [-0.1, -0.05) is 12.1 Å². The van der Waals surface area contributed by atoms with Crippen molar-refractivity contribution in [1.29, 1.82) is 0 Å². The van der Waals surface area contributed by atoms with Crippen LogP contribution >= 0.6 is 0 Å². The van der Waals surface area contributed by atoms with Gasteiger partial charge in [0.15, 0.2) is 23.3 Å². The first-order chi connectivity index (χ1) is 10.0. The molecule has 2 aromatic heterocycles. The molecule has 7 heteroatoms. The SMILES string of the molecule is CCCNc1nc(NCc2c(C)noc2C)c(F)cc1F. The lowest BCUT2D eigenvalue weighted by molar-refractivity contribution is 0.392. The number of halogens is 2. The second kappa shape index (κ2) is 6.51. The summed E-state index contributed by atoms with van der Waals surface area (Å²) in [5.41, 5.74) is 1.57. The van der Waals surface area contributed by atoms with Gasteiger partial charge in [-0.15, -0.1) is 0 Å². The third-order valence-electron chi connectivity index (χ3n) is 3.09. The number of rotatable bonds is 6. The molecule has 2 heterocycles. The minimum Gasteiger partial charge on any atom is -0.368 e. The van der Waals surface area contributed by atoms with Crippen molar-refractivity contribution in [1.82, 2.24) is 10.1 Å². The van der Waals surface area contributed by atoms with Gasteiger partial charge in [-0.2, -0.15) is 0 Å². The van der Waals surface area contributed by atoms with E-state index < -0.39 is 11.6 Å². The number of nitrogens with zero attached hydrogens (tertiary/aromatic N) is 2. The molecule has 21 heavy (non-hydrogen) atoms. The second-order valence-electron chi connectivity index (χ2n) is 4.73. The van der Waals surface area contributed by atoms with Crippen LogP contribution in [0.2, 0.25) is 0 Å². The van der Waals surface area contributed by atoms with Gasteiger partial charge in [-0.3, -0.25) is 0 Å². The highest BCUT2D eigenvalue weighted by molar-refractivity contribution is 5.48. The Morgan fingerprint density at radius 1 is 1.14 bits per heavy atom. The van der Waals surface area contributed by atoms with Gasteiger partial charge >= 0.3 is 0 Å². The predicted octanol–water partition coefficient (Wildman–Crippen LogP) is 3.40. The molecule has 0 saturated heterocycles. The van der Waals surface area contributed by atoms with E-state index in [0.29, 0.717) is 18.8 Å². The number of hydrogen-bond acceptors (Lipinski definition) is 5.